The number of hydrogen-bond donors (Lipinski definition) is 2. The van der Waals surface area contributed by atoms with Crippen LogP contribution in [0.1, 0.15) is 25.0 Å². The van der Waals surface area contributed by atoms with Gasteiger partial charge in [0.1, 0.15) is 5.75 Å². The Morgan fingerprint density at radius 3 is 2.17 bits per heavy atom. The molecule has 0 spiro atoms. The lowest BCUT2D eigenvalue weighted by molar-refractivity contribution is -0.160. The smallest absolute Gasteiger partial charge is 0.344 e. The Morgan fingerprint density at radius 2 is 1.70 bits per heavy atom. The summed E-state index contributed by atoms with van der Waals surface area (Å²) in [4.78, 5) is 34.3. The van der Waals surface area contributed by atoms with Gasteiger partial charge in [0.15, 0.2) is 12.7 Å². The maximum Gasteiger partial charge on any atom is 0.344 e. The van der Waals surface area contributed by atoms with Gasteiger partial charge in [-0.25, -0.2) is 9.59 Å². The third kappa shape index (κ3) is 6.37. The third-order valence-corrected chi connectivity index (χ3v) is 2.92. The second-order valence-corrected chi connectivity index (χ2v) is 5.62. The predicted octanol–water partition coefficient (Wildman–Crippen LogP) is 1.44. The van der Waals surface area contributed by atoms with Gasteiger partial charge in [0, 0.05) is 0 Å². The number of aryl methyl sites for hydroxylation is 2. The number of esters is 1. The Balaban J connectivity index is 2.62. The standard InChI is InChI=1S/C16H22N2O5/c1-9(2)14(15(20)18-16(17)21)23-13(19)8-22-12-6-10(3)5-11(4)7-12/h5-7,9,14H,8H2,1-4H3,(H3,17,18,20,21). The number of nitrogens with one attached hydrogen (secondary N) is 1. The van der Waals surface area contributed by atoms with E-state index in [0.717, 1.165) is 11.1 Å². The number of carbonyl (C=O) groups excluding carboxylic acids is 3. The zero-order valence-electron chi connectivity index (χ0n) is 13.7. The van der Waals surface area contributed by atoms with E-state index in [1.165, 1.54) is 0 Å². The Hall–Kier alpha value is -2.57. The van der Waals surface area contributed by atoms with Crippen molar-refractivity contribution in [3.8, 4) is 5.75 Å². The van der Waals surface area contributed by atoms with Crippen LogP contribution in [0.5, 0.6) is 5.75 Å². The average Bonchev–Trinajstić information content (AvgIpc) is 2.40. The van der Waals surface area contributed by atoms with E-state index in [4.69, 9.17) is 15.2 Å². The number of amides is 3. The first kappa shape index (κ1) is 18.5. The molecule has 0 aromatic heterocycles. The van der Waals surface area contributed by atoms with Gasteiger partial charge in [0.05, 0.1) is 0 Å². The normalized spacial score (nSPS) is 11.7. The highest BCUT2D eigenvalue weighted by Gasteiger charge is 2.27. The molecule has 0 aliphatic rings. The first-order valence-electron chi connectivity index (χ1n) is 7.20. The fourth-order valence-corrected chi connectivity index (χ4v) is 2.02. The minimum atomic E-state index is -1.11. The van der Waals surface area contributed by atoms with Gasteiger partial charge >= 0.3 is 12.0 Å². The summed E-state index contributed by atoms with van der Waals surface area (Å²) in [5, 5.41) is 1.90. The van der Waals surface area contributed by atoms with Crippen molar-refractivity contribution in [2.24, 2.45) is 11.7 Å². The molecule has 1 aromatic carbocycles. The van der Waals surface area contributed by atoms with Gasteiger partial charge in [-0.3, -0.25) is 10.1 Å². The highest BCUT2D eigenvalue weighted by atomic mass is 16.6. The first-order chi connectivity index (χ1) is 10.7. The Morgan fingerprint density at radius 1 is 1.13 bits per heavy atom. The molecule has 1 atom stereocenters. The maximum atomic E-state index is 11.8. The van der Waals surface area contributed by atoms with Crippen LogP contribution in [0.4, 0.5) is 4.79 Å². The molecule has 7 nitrogen and oxygen atoms in total. The molecule has 1 rings (SSSR count). The number of primary amides is 1. The van der Waals surface area contributed by atoms with E-state index < -0.39 is 24.0 Å². The van der Waals surface area contributed by atoms with E-state index in [0.29, 0.717) is 5.75 Å². The largest absolute Gasteiger partial charge is 0.482 e. The molecule has 0 radical (unpaired) electrons. The maximum absolute atomic E-state index is 11.8. The molecular formula is C16H22N2O5. The van der Waals surface area contributed by atoms with E-state index in [1.807, 2.05) is 25.2 Å². The SMILES string of the molecule is Cc1cc(C)cc(OCC(=O)OC(C(=O)NC(N)=O)C(C)C)c1. The summed E-state index contributed by atoms with van der Waals surface area (Å²) in [6, 6.07) is 4.57. The summed E-state index contributed by atoms with van der Waals surface area (Å²) in [6.07, 6.45) is -1.11. The molecule has 0 fully saturated rings. The number of ether oxygens (including phenoxy) is 2. The lowest BCUT2D eigenvalue weighted by atomic mass is 10.1. The molecule has 7 heteroatoms. The molecule has 0 bridgehead atoms. The van der Waals surface area contributed by atoms with Gasteiger partial charge in [0.2, 0.25) is 0 Å². The fourth-order valence-electron chi connectivity index (χ4n) is 2.02. The topological polar surface area (TPSA) is 108 Å². The Bertz CT molecular complexity index is 578. The quantitative estimate of drug-likeness (QED) is 0.771. The summed E-state index contributed by atoms with van der Waals surface area (Å²) in [7, 11) is 0. The van der Waals surface area contributed by atoms with E-state index in [9.17, 15) is 14.4 Å². The molecule has 23 heavy (non-hydrogen) atoms. The lowest BCUT2D eigenvalue weighted by Gasteiger charge is -2.19. The molecule has 0 aliphatic heterocycles. The van der Waals surface area contributed by atoms with Crippen LogP contribution in [-0.2, 0) is 14.3 Å². The molecule has 126 valence electrons. The number of hydrogen-bond acceptors (Lipinski definition) is 5. The van der Waals surface area contributed by atoms with Crippen LogP contribution in [0.15, 0.2) is 18.2 Å². The zero-order chi connectivity index (χ0) is 17.6. The monoisotopic (exact) mass is 322 g/mol. The number of rotatable bonds is 6. The number of imide groups is 1. The fraction of sp³-hybridized carbons (Fsp3) is 0.438. The van der Waals surface area contributed by atoms with Crippen LogP contribution in [0.2, 0.25) is 0 Å². The Labute approximate surface area is 135 Å². The number of urea groups is 1. The molecule has 0 heterocycles. The molecule has 1 unspecified atom stereocenters. The van der Waals surface area contributed by atoms with Gasteiger partial charge in [-0.1, -0.05) is 19.9 Å². The molecule has 0 saturated heterocycles. The van der Waals surface area contributed by atoms with Gasteiger partial charge < -0.3 is 15.2 Å². The van der Waals surface area contributed by atoms with Crippen molar-refractivity contribution >= 4 is 17.9 Å². The summed E-state index contributed by atoms with van der Waals surface area (Å²) < 4.78 is 10.4. The van der Waals surface area contributed by atoms with Gasteiger partial charge in [0.25, 0.3) is 5.91 Å². The van der Waals surface area contributed by atoms with Crippen molar-refractivity contribution in [2.45, 2.75) is 33.8 Å². The molecule has 3 N–H and O–H groups in total. The van der Waals surface area contributed by atoms with Gasteiger partial charge in [-0.15, -0.1) is 0 Å². The predicted molar refractivity (Wildman–Crippen MR) is 83.9 cm³/mol. The highest BCUT2D eigenvalue weighted by molar-refractivity contribution is 5.96. The zero-order valence-corrected chi connectivity index (χ0v) is 13.7. The van der Waals surface area contributed by atoms with Crippen molar-refractivity contribution in [2.75, 3.05) is 6.61 Å². The lowest BCUT2D eigenvalue weighted by Crippen LogP contribution is -2.46. The molecule has 1 aromatic rings. The Kier molecular flexibility index (Phi) is 6.56. The first-order valence-corrected chi connectivity index (χ1v) is 7.20. The highest BCUT2D eigenvalue weighted by Crippen LogP contribution is 2.16. The second kappa shape index (κ2) is 8.17. The summed E-state index contributed by atoms with van der Waals surface area (Å²) in [5.41, 5.74) is 6.91. The molecule has 0 saturated carbocycles. The van der Waals surface area contributed by atoms with Crippen molar-refractivity contribution in [1.82, 2.24) is 5.32 Å². The average molecular weight is 322 g/mol. The van der Waals surface area contributed by atoms with Gasteiger partial charge in [-0.05, 0) is 43.0 Å². The van der Waals surface area contributed by atoms with E-state index in [-0.39, 0.29) is 12.5 Å². The number of nitrogens with two attached hydrogens (primary N) is 1. The van der Waals surface area contributed by atoms with E-state index >= 15 is 0 Å². The summed E-state index contributed by atoms with van der Waals surface area (Å²) in [6.45, 7) is 6.87. The van der Waals surface area contributed by atoms with Crippen LogP contribution in [0.25, 0.3) is 0 Å². The van der Waals surface area contributed by atoms with Gasteiger partial charge in [-0.2, -0.15) is 0 Å². The van der Waals surface area contributed by atoms with Crippen LogP contribution < -0.4 is 15.8 Å². The van der Waals surface area contributed by atoms with Crippen molar-refractivity contribution in [3.05, 3.63) is 29.3 Å². The summed E-state index contributed by atoms with van der Waals surface area (Å²) in [5.74, 6) is -1.24. The van der Waals surface area contributed by atoms with E-state index in [2.05, 4.69) is 0 Å². The van der Waals surface area contributed by atoms with Crippen molar-refractivity contribution in [1.29, 1.82) is 0 Å². The van der Waals surface area contributed by atoms with Crippen LogP contribution >= 0.6 is 0 Å². The van der Waals surface area contributed by atoms with Crippen LogP contribution in [0, 0.1) is 19.8 Å². The molecule has 3 amide bonds. The number of benzene rings is 1. The van der Waals surface area contributed by atoms with E-state index in [1.54, 1.807) is 26.0 Å². The van der Waals surface area contributed by atoms with Crippen LogP contribution in [0.3, 0.4) is 0 Å². The van der Waals surface area contributed by atoms with Crippen LogP contribution in [-0.4, -0.2) is 30.6 Å². The third-order valence-electron chi connectivity index (χ3n) is 2.92. The minimum absolute atomic E-state index is 0.320. The molecule has 0 aliphatic carbocycles. The van der Waals surface area contributed by atoms with Crippen molar-refractivity contribution < 1.29 is 23.9 Å². The number of carbonyl (C=O) groups is 3. The molecular weight excluding hydrogens is 300 g/mol. The van der Waals surface area contributed by atoms with Crippen molar-refractivity contribution in [3.63, 3.8) is 0 Å². The second-order valence-electron chi connectivity index (χ2n) is 5.62. The summed E-state index contributed by atoms with van der Waals surface area (Å²) >= 11 is 0. The minimum Gasteiger partial charge on any atom is -0.482 e.